The van der Waals surface area contributed by atoms with Gasteiger partial charge in [-0.3, -0.25) is 0 Å². The Morgan fingerprint density at radius 1 is 1.38 bits per heavy atom. The number of hydrogen-bond donors (Lipinski definition) is 1. The van der Waals surface area contributed by atoms with E-state index in [1.807, 2.05) is 26.8 Å². The molecule has 1 aliphatic heterocycles. The zero-order valence-electron chi connectivity index (χ0n) is 13.0. The van der Waals surface area contributed by atoms with Crippen LogP contribution in [-0.4, -0.2) is 44.2 Å². The summed E-state index contributed by atoms with van der Waals surface area (Å²) < 4.78 is 5.84. The Bertz CT molecular complexity index is 543. The van der Waals surface area contributed by atoms with Crippen LogP contribution in [0.1, 0.15) is 16.7 Å². The third-order valence-electron chi connectivity index (χ3n) is 3.73. The molecule has 1 saturated heterocycles. The number of rotatable bonds is 5. The Labute approximate surface area is 125 Å². The minimum atomic E-state index is -0.0454. The fourth-order valence-corrected chi connectivity index (χ4v) is 2.85. The number of hydrogen-bond acceptors (Lipinski definition) is 4. The van der Waals surface area contributed by atoms with Crippen LogP contribution in [0, 0.1) is 26.0 Å². The second-order valence-electron chi connectivity index (χ2n) is 5.38. The number of carbonyl (C=O) groups excluding carboxylic acids is 1. The van der Waals surface area contributed by atoms with Gasteiger partial charge in [0.05, 0.1) is 6.54 Å². The van der Waals surface area contributed by atoms with E-state index in [-0.39, 0.29) is 6.03 Å². The zero-order valence-corrected chi connectivity index (χ0v) is 13.0. The van der Waals surface area contributed by atoms with Crippen molar-refractivity contribution in [2.75, 3.05) is 38.4 Å². The summed E-state index contributed by atoms with van der Waals surface area (Å²) in [5.41, 5.74) is 3.43. The number of ether oxygens (including phenoxy) is 1. The van der Waals surface area contributed by atoms with Gasteiger partial charge >= 0.3 is 6.03 Å². The van der Waals surface area contributed by atoms with E-state index in [0.717, 1.165) is 27.5 Å². The molecule has 21 heavy (non-hydrogen) atoms. The van der Waals surface area contributed by atoms with Crippen molar-refractivity contribution in [3.63, 3.8) is 0 Å². The molecule has 1 aromatic carbocycles. The summed E-state index contributed by atoms with van der Waals surface area (Å²) in [6.07, 6.45) is 0. The van der Waals surface area contributed by atoms with Crippen molar-refractivity contribution >= 4 is 11.7 Å². The summed E-state index contributed by atoms with van der Waals surface area (Å²) in [4.78, 5) is 13.2. The van der Waals surface area contributed by atoms with Gasteiger partial charge in [0, 0.05) is 24.3 Å². The lowest BCUT2D eigenvalue weighted by Gasteiger charge is -2.30. The van der Waals surface area contributed by atoms with Crippen molar-refractivity contribution in [2.45, 2.75) is 20.8 Å². The van der Waals surface area contributed by atoms with Gasteiger partial charge in [0.15, 0.2) is 0 Å². The quantitative estimate of drug-likeness (QED) is 0.842. The van der Waals surface area contributed by atoms with Crippen molar-refractivity contribution in [1.82, 2.24) is 10.2 Å². The van der Waals surface area contributed by atoms with E-state index >= 15 is 0 Å². The average molecular weight is 292 g/mol. The SMILES string of the molecule is Cc1cc(C)c(N(C)[O-])c(C)c1OCCN1CCNC1=O. The van der Waals surface area contributed by atoms with E-state index in [9.17, 15) is 10.0 Å². The van der Waals surface area contributed by atoms with Crippen molar-refractivity contribution in [3.8, 4) is 5.75 Å². The predicted octanol–water partition coefficient (Wildman–Crippen LogP) is 1.95. The lowest BCUT2D eigenvalue weighted by molar-refractivity contribution is 0.202. The van der Waals surface area contributed by atoms with Gasteiger partial charge in [-0.15, -0.1) is 0 Å². The monoisotopic (exact) mass is 292 g/mol. The van der Waals surface area contributed by atoms with Crippen LogP contribution < -0.4 is 15.1 Å². The molecular weight excluding hydrogens is 270 g/mol. The van der Waals surface area contributed by atoms with Gasteiger partial charge < -0.3 is 25.2 Å². The van der Waals surface area contributed by atoms with Crippen LogP contribution in [-0.2, 0) is 0 Å². The standard InChI is InChI=1S/C15H22N3O3/c1-10-9-11(2)14(12(3)13(10)17(4)20)21-8-7-18-6-5-16-15(18)19/h9H,5-8H2,1-4H3,(H,16,19)/q-1. The molecule has 0 bridgehead atoms. The summed E-state index contributed by atoms with van der Waals surface area (Å²) in [6.45, 7) is 8.13. The first-order chi connectivity index (χ1) is 9.91. The van der Waals surface area contributed by atoms with Gasteiger partial charge in [0.1, 0.15) is 12.4 Å². The Morgan fingerprint density at radius 3 is 2.67 bits per heavy atom. The molecule has 1 fully saturated rings. The Kier molecular flexibility index (Phi) is 4.57. The number of carbonyl (C=O) groups is 1. The Hall–Kier alpha value is -1.95. The molecule has 2 rings (SSSR count). The second kappa shape index (κ2) is 6.22. The van der Waals surface area contributed by atoms with E-state index in [4.69, 9.17) is 4.74 Å². The molecule has 1 aliphatic rings. The fraction of sp³-hybridized carbons (Fsp3) is 0.533. The van der Waals surface area contributed by atoms with E-state index in [0.29, 0.717) is 31.9 Å². The molecule has 1 aromatic rings. The Morgan fingerprint density at radius 2 is 2.10 bits per heavy atom. The normalized spacial score (nSPS) is 14.3. The highest BCUT2D eigenvalue weighted by Gasteiger charge is 2.19. The summed E-state index contributed by atoms with van der Waals surface area (Å²) in [5.74, 6) is 0.734. The van der Waals surface area contributed by atoms with Gasteiger partial charge in [-0.25, -0.2) is 4.79 Å². The number of nitrogens with one attached hydrogen (secondary N) is 1. The molecular formula is C15H22N3O3-. The topological polar surface area (TPSA) is 67.9 Å². The molecule has 0 saturated carbocycles. The molecule has 0 aliphatic carbocycles. The van der Waals surface area contributed by atoms with E-state index in [1.165, 1.54) is 7.05 Å². The van der Waals surface area contributed by atoms with Crippen molar-refractivity contribution in [2.24, 2.45) is 0 Å². The minimum Gasteiger partial charge on any atom is -0.758 e. The fourth-order valence-electron chi connectivity index (χ4n) is 2.85. The highest BCUT2D eigenvalue weighted by atomic mass is 16.5. The van der Waals surface area contributed by atoms with Crippen LogP contribution in [0.15, 0.2) is 6.07 Å². The molecule has 0 atom stereocenters. The van der Waals surface area contributed by atoms with Crippen molar-refractivity contribution < 1.29 is 9.53 Å². The van der Waals surface area contributed by atoms with Gasteiger partial charge in [0.2, 0.25) is 0 Å². The largest absolute Gasteiger partial charge is 0.758 e. The lowest BCUT2D eigenvalue weighted by atomic mass is 10.0. The highest BCUT2D eigenvalue weighted by molar-refractivity contribution is 5.76. The van der Waals surface area contributed by atoms with Gasteiger partial charge in [-0.2, -0.15) is 0 Å². The summed E-state index contributed by atoms with van der Waals surface area (Å²) in [7, 11) is 1.49. The molecule has 0 unspecified atom stereocenters. The third-order valence-corrected chi connectivity index (χ3v) is 3.73. The molecule has 0 aromatic heterocycles. The average Bonchev–Trinajstić information content (AvgIpc) is 2.78. The van der Waals surface area contributed by atoms with Gasteiger partial charge in [-0.1, -0.05) is 6.07 Å². The number of amides is 2. The number of benzene rings is 1. The molecule has 116 valence electrons. The van der Waals surface area contributed by atoms with Crippen LogP contribution in [0.4, 0.5) is 10.5 Å². The van der Waals surface area contributed by atoms with Crippen LogP contribution >= 0.6 is 0 Å². The Balaban J connectivity index is 2.09. The van der Waals surface area contributed by atoms with Crippen LogP contribution in [0.3, 0.4) is 0 Å². The van der Waals surface area contributed by atoms with E-state index < -0.39 is 0 Å². The molecule has 6 heteroatoms. The predicted molar refractivity (Wildman–Crippen MR) is 82.9 cm³/mol. The molecule has 0 spiro atoms. The van der Waals surface area contributed by atoms with E-state index in [2.05, 4.69) is 5.32 Å². The van der Waals surface area contributed by atoms with Crippen molar-refractivity contribution in [1.29, 1.82) is 0 Å². The first kappa shape index (κ1) is 15.4. The molecule has 2 amide bonds. The number of aryl methyl sites for hydroxylation is 2. The summed E-state index contributed by atoms with van der Waals surface area (Å²) in [6, 6.07) is 1.91. The summed E-state index contributed by atoms with van der Waals surface area (Å²) in [5, 5.41) is 15.3. The lowest BCUT2D eigenvalue weighted by Crippen LogP contribution is -2.32. The molecule has 0 radical (unpaired) electrons. The maximum Gasteiger partial charge on any atom is 0.317 e. The summed E-state index contributed by atoms with van der Waals surface area (Å²) >= 11 is 0. The number of urea groups is 1. The number of hydroxylamine groups is 1. The highest BCUT2D eigenvalue weighted by Crippen LogP contribution is 2.34. The first-order valence-electron chi connectivity index (χ1n) is 7.09. The van der Waals surface area contributed by atoms with E-state index in [1.54, 1.807) is 4.90 Å². The van der Waals surface area contributed by atoms with Crippen LogP contribution in [0.2, 0.25) is 0 Å². The molecule has 6 nitrogen and oxygen atoms in total. The molecule has 1 N–H and O–H groups in total. The minimum absolute atomic E-state index is 0.0454. The van der Waals surface area contributed by atoms with Gasteiger partial charge in [0.25, 0.3) is 0 Å². The third kappa shape index (κ3) is 3.21. The molecule has 1 heterocycles. The smallest absolute Gasteiger partial charge is 0.317 e. The second-order valence-corrected chi connectivity index (χ2v) is 5.38. The zero-order chi connectivity index (χ0) is 15.6. The van der Waals surface area contributed by atoms with Gasteiger partial charge in [-0.05, 0) is 38.9 Å². The van der Waals surface area contributed by atoms with Crippen LogP contribution in [0.25, 0.3) is 0 Å². The van der Waals surface area contributed by atoms with Crippen LogP contribution in [0.5, 0.6) is 5.75 Å². The van der Waals surface area contributed by atoms with Crippen molar-refractivity contribution in [3.05, 3.63) is 28.0 Å². The number of nitrogens with zero attached hydrogens (tertiary/aromatic N) is 2. The first-order valence-corrected chi connectivity index (χ1v) is 7.09. The maximum absolute atomic E-state index is 11.7. The number of anilines is 1. The maximum atomic E-state index is 11.7.